The first-order valence-electron chi connectivity index (χ1n) is 6.70. The van der Waals surface area contributed by atoms with E-state index in [0.29, 0.717) is 12.0 Å². The van der Waals surface area contributed by atoms with Gasteiger partial charge in [-0.2, -0.15) is 0 Å². The second-order valence-electron chi connectivity index (χ2n) is 5.30. The van der Waals surface area contributed by atoms with Crippen molar-refractivity contribution in [3.8, 4) is 0 Å². The molecule has 0 spiro atoms. The van der Waals surface area contributed by atoms with Crippen molar-refractivity contribution < 1.29 is 14.7 Å². The molecule has 4 rings (SSSR count). The Bertz CT molecular complexity index is 677. The number of amides is 1. The van der Waals surface area contributed by atoms with Crippen LogP contribution in [0.5, 0.6) is 0 Å². The van der Waals surface area contributed by atoms with Crippen molar-refractivity contribution in [2.24, 2.45) is 0 Å². The number of aliphatic carboxylic acids is 1. The van der Waals surface area contributed by atoms with Gasteiger partial charge < -0.3 is 9.67 Å². The first-order chi connectivity index (χ1) is 9.65. The summed E-state index contributed by atoms with van der Waals surface area (Å²) in [5.41, 5.74) is 1.56. The number of hydrogen-bond acceptors (Lipinski definition) is 3. The van der Waals surface area contributed by atoms with Crippen molar-refractivity contribution in [2.45, 2.75) is 31.8 Å². The number of aryl methyl sites for hydroxylation is 2. The van der Waals surface area contributed by atoms with Gasteiger partial charge in [0.1, 0.15) is 11.5 Å². The number of carboxylic acids is 1. The van der Waals surface area contributed by atoms with Crippen molar-refractivity contribution in [1.29, 1.82) is 0 Å². The number of carbonyl (C=O) groups excluding carboxylic acids is 1. The number of nitrogens with zero attached hydrogens (tertiary/aromatic N) is 3. The van der Waals surface area contributed by atoms with Crippen molar-refractivity contribution in [2.75, 3.05) is 0 Å². The Kier molecular flexibility index (Phi) is 2.19. The summed E-state index contributed by atoms with van der Waals surface area (Å²) in [5, 5.41) is 9.01. The Morgan fingerprint density at radius 3 is 3.10 bits per heavy atom. The van der Waals surface area contributed by atoms with E-state index in [9.17, 15) is 9.59 Å². The zero-order chi connectivity index (χ0) is 13.9. The number of β-lactam (4-membered cyclic amide) rings is 1. The molecule has 1 N–H and O–H groups in total. The number of rotatable bonds is 2. The minimum atomic E-state index is -1.04. The van der Waals surface area contributed by atoms with E-state index in [1.54, 1.807) is 12.2 Å². The van der Waals surface area contributed by atoms with Crippen molar-refractivity contribution in [3.63, 3.8) is 0 Å². The zero-order valence-corrected chi connectivity index (χ0v) is 10.7. The van der Waals surface area contributed by atoms with Crippen LogP contribution >= 0.6 is 0 Å². The van der Waals surface area contributed by atoms with E-state index in [1.807, 2.05) is 6.20 Å². The molecule has 102 valence electrons. The topological polar surface area (TPSA) is 75.4 Å². The van der Waals surface area contributed by atoms with Gasteiger partial charge in [-0.3, -0.25) is 9.69 Å². The van der Waals surface area contributed by atoms with E-state index in [2.05, 4.69) is 9.55 Å². The summed E-state index contributed by atoms with van der Waals surface area (Å²) in [6.07, 6.45) is 8.06. The van der Waals surface area contributed by atoms with E-state index in [1.165, 1.54) is 4.90 Å². The summed E-state index contributed by atoms with van der Waals surface area (Å²) in [6.45, 7) is 0.986. The molecular formula is C14H13N3O3. The first-order valence-corrected chi connectivity index (χ1v) is 6.70. The maximum atomic E-state index is 12.1. The minimum absolute atomic E-state index is 0.101. The minimum Gasteiger partial charge on any atom is -0.477 e. The molecule has 20 heavy (non-hydrogen) atoms. The van der Waals surface area contributed by atoms with Gasteiger partial charge >= 0.3 is 5.97 Å². The highest BCUT2D eigenvalue weighted by Gasteiger charge is 2.48. The van der Waals surface area contributed by atoms with Crippen LogP contribution in [-0.4, -0.2) is 37.5 Å². The summed E-state index contributed by atoms with van der Waals surface area (Å²) in [5.74, 6) is -0.188. The number of carboxylic acid groups (broad SMARTS) is 1. The lowest BCUT2D eigenvalue weighted by Crippen LogP contribution is -2.52. The molecule has 1 fully saturated rings. The average Bonchev–Trinajstić information content (AvgIpc) is 3.07. The van der Waals surface area contributed by atoms with Gasteiger partial charge in [0.15, 0.2) is 0 Å². The van der Waals surface area contributed by atoms with Gasteiger partial charge in [-0.05, 0) is 18.9 Å². The van der Waals surface area contributed by atoms with Crippen LogP contribution in [0.25, 0.3) is 6.08 Å². The molecule has 0 unspecified atom stereocenters. The number of fused-ring (bicyclic) bond motifs is 2. The standard InChI is InChI=1S/C14H13N3O3/c18-13-9(10-3-4-11(14(19)20)17(10)13)6-8-7-16-5-1-2-12(16)15-8/h4,6-7,10H,1-3,5H2,(H,19,20)/t10-/m1/s1. The number of aromatic nitrogens is 2. The average molecular weight is 271 g/mol. The highest BCUT2D eigenvalue weighted by molar-refractivity contribution is 6.10. The molecule has 0 saturated carbocycles. The predicted molar refractivity (Wildman–Crippen MR) is 69.5 cm³/mol. The molecule has 6 heteroatoms. The van der Waals surface area contributed by atoms with Crippen LogP contribution in [0.3, 0.4) is 0 Å². The summed E-state index contributed by atoms with van der Waals surface area (Å²) >= 11 is 0. The third-order valence-corrected chi connectivity index (χ3v) is 4.13. The highest BCUT2D eigenvalue weighted by atomic mass is 16.4. The summed E-state index contributed by atoms with van der Waals surface area (Å²) in [7, 11) is 0. The molecule has 6 nitrogen and oxygen atoms in total. The van der Waals surface area contributed by atoms with E-state index >= 15 is 0 Å². The quantitative estimate of drug-likeness (QED) is 0.637. The van der Waals surface area contributed by atoms with Gasteiger partial charge in [0, 0.05) is 24.7 Å². The lowest BCUT2D eigenvalue weighted by Gasteiger charge is -2.38. The molecule has 1 saturated heterocycles. The van der Waals surface area contributed by atoms with Gasteiger partial charge in [-0.25, -0.2) is 9.78 Å². The van der Waals surface area contributed by atoms with Crippen LogP contribution in [-0.2, 0) is 22.6 Å². The van der Waals surface area contributed by atoms with Crippen LogP contribution in [0, 0.1) is 0 Å². The van der Waals surface area contributed by atoms with Gasteiger partial charge in [0.25, 0.3) is 5.91 Å². The fourth-order valence-corrected chi connectivity index (χ4v) is 3.18. The number of carbonyl (C=O) groups is 2. The second-order valence-corrected chi connectivity index (χ2v) is 5.30. The molecule has 1 aromatic heterocycles. The molecule has 0 aliphatic carbocycles. The molecule has 4 heterocycles. The Hall–Kier alpha value is -2.37. The lowest BCUT2D eigenvalue weighted by molar-refractivity contribution is -0.142. The summed E-state index contributed by atoms with van der Waals surface area (Å²) < 4.78 is 2.11. The zero-order valence-electron chi connectivity index (χ0n) is 10.7. The Labute approximate surface area is 115 Å². The van der Waals surface area contributed by atoms with Crippen LogP contribution in [0.1, 0.15) is 24.4 Å². The van der Waals surface area contributed by atoms with Crippen LogP contribution in [0.15, 0.2) is 23.5 Å². The van der Waals surface area contributed by atoms with Crippen molar-refractivity contribution >= 4 is 18.0 Å². The largest absolute Gasteiger partial charge is 0.477 e. The molecule has 1 atom stereocenters. The third kappa shape index (κ3) is 1.41. The van der Waals surface area contributed by atoms with E-state index in [-0.39, 0.29) is 17.6 Å². The number of imidazole rings is 1. The maximum absolute atomic E-state index is 12.1. The Balaban J connectivity index is 1.61. The van der Waals surface area contributed by atoms with Crippen LogP contribution in [0.2, 0.25) is 0 Å². The van der Waals surface area contributed by atoms with E-state index < -0.39 is 5.97 Å². The lowest BCUT2D eigenvalue weighted by atomic mass is 9.94. The number of hydrogen-bond donors (Lipinski definition) is 1. The molecule has 1 amide bonds. The Morgan fingerprint density at radius 2 is 2.35 bits per heavy atom. The SMILES string of the molecule is O=C(O)C1=CC[C@@H]2C(=Cc3cn4c(n3)CCC4)C(=O)N12. The predicted octanol–water partition coefficient (Wildman–Crippen LogP) is 0.796. The molecule has 3 aliphatic rings. The Morgan fingerprint density at radius 1 is 1.50 bits per heavy atom. The fraction of sp³-hybridized carbons (Fsp3) is 0.357. The first kappa shape index (κ1) is 11.5. The second kappa shape index (κ2) is 3.82. The van der Waals surface area contributed by atoms with Gasteiger partial charge in [-0.1, -0.05) is 6.08 Å². The molecular weight excluding hydrogens is 258 g/mol. The molecule has 0 aromatic carbocycles. The van der Waals surface area contributed by atoms with Crippen LogP contribution < -0.4 is 0 Å². The van der Waals surface area contributed by atoms with Gasteiger partial charge in [0.2, 0.25) is 0 Å². The molecule has 3 aliphatic heterocycles. The maximum Gasteiger partial charge on any atom is 0.352 e. The normalized spacial score (nSPS) is 25.5. The van der Waals surface area contributed by atoms with Gasteiger partial charge in [-0.15, -0.1) is 0 Å². The third-order valence-electron chi connectivity index (χ3n) is 4.13. The summed E-state index contributed by atoms with van der Waals surface area (Å²) in [4.78, 5) is 28.9. The molecule has 1 aromatic rings. The molecule has 0 radical (unpaired) electrons. The highest BCUT2D eigenvalue weighted by Crippen LogP contribution is 2.38. The van der Waals surface area contributed by atoms with E-state index in [4.69, 9.17) is 5.11 Å². The fourth-order valence-electron chi connectivity index (χ4n) is 3.18. The van der Waals surface area contributed by atoms with Crippen LogP contribution in [0.4, 0.5) is 0 Å². The molecule has 0 bridgehead atoms. The monoisotopic (exact) mass is 271 g/mol. The summed E-state index contributed by atoms with van der Waals surface area (Å²) in [6, 6.07) is -0.120. The van der Waals surface area contributed by atoms with E-state index in [0.717, 1.165) is 30.9 Å². The van der Waals surface area contributed by atoms with Crippen molar-refractivity contribution in [1.82, 2.24) is 14.5 Å². The smallest absolute Gasteiger partial charge is 0.352 e. The van der Waals surface area contributed by atoms with Gasteiger partial charge in [0.05, 0.1) is 11.7 Å². The van der Waals surface area contributed by atoms with Crippen molar-refractivity contribution in [3.05, 3.63) is 35.1 Å².